The van der Waals surface area contributed by atoms with Gasteiger partial charge in [0.2, 0.25) is 5.91 Å². The summed E-state index contributed by atoms with van der Waals surface area (Å²) in [5.41, 5.74) is 1.82. The van der Waals surface area contributed by atoms with Crippen molar-refractivity contribution in [3.63, 3.8) is 0 Å². The largest absolute Gasteiger partial charge is 0.341 e. The van der Waals surface area contributed by atoms with Crippen LogP contribution in [0.15, 0.2) is 24.3 Å². The van der Waals surface area contributed by atoms with E-state index in [4.69, 9.17) is 0 Å². The molecule has 0 aromatic heterocycles. The Labute approximate surface area is 145 Å². The molecule has 1 saturated heterocycles. The van der Waals surface area contributed by atoms with Gasteiger partial charge in [-0.05, 0) is 51.2 Å². The van der Waals surface area contributed by atoms with Crippen LogP contribution in [-0.4, -0.2) is 42.8 Å². The maximum Gasteiger partial charge on any atom is 0.233 e. The van der Waals surface area contributed by atoms with Gasteiger partial charge in [0.15, 0.2) is 9.84 Å². The molecule has 1 aliphatic carbocycles. The van der Waals surface area contributed by atoms with E-state index in [1.165, 1.54) is 0 Å². The van der Waals surface area contributed by atoms with Crippen molar-refractivity contribution in [3.8, 4) is 0 Å². The van der Waals surface area contributed by atoms with Crippen molar-refractivity contribution in [2.75, 3.05) is 18.8 Å². The molecule has 0 atom stereocenters. The second-order valence-electron chi connectivity index (χ2n) is 7.87. The second kappa shape index (κ2) is 5.87. The molecule has 0 N–H and O–H groups in total. The maximum absolute atomic E-state index is 13.4. The summed E-state index contributed by atoms with van der Waals surface area (Å²) in [5.74, 6) is 0.186. The van der Waals surface area contributed by atoms with E-state index in [1.54, 1.807) is 18.7 Å². The molecule has 132 valence electrons. The first-order chi connectivity index (χ1) is 11.2. The first-order valence-corrected chi connectivity index (χ1v) is 10.4. The summed E-state index contributed by atoms with van der Waals surface area (Å²) in [7, 11) is -3.16. The van der Waals surface area contributed by atoms with E-state index < -0.39 is 20.0 Å². The van der Waals surface area contributed by atoms with Gasteiger partial charge in [0, 0.05) is 13.1 Å². The third-order valence-corrected chi connectivity index (χ3v) is 8.63. The summed E-state index contributed by atoms with van der Waals surface area (Å²) in [6.45, 7) is 6.45. The third kappa shape index (κ3) is 2.67. The van der Waals surface area contributed by atoms with Gasteiger partial charge < -0.3 is 4.90 Å². The highest BCUT2D eigenvalue weighted by atomic mass is 32.2. The Morgan fingerprint density at radius 3 is 2.33 bits per heavy atom. The Hall–Kier alpha value is -1.36. The van der Waals surface area contributed by atoms with Crippen molar-refractivity contribution in [1.29, 1.82) is 0 Å². The molecule has 1 heterocycles. The average molecular weight is 349 g/mol. The molecule has 3 rings (SSSR count). The summed E-state index contributed by atoms with van der Waals surface area (Å²) in [6.07, 6.45) is 3.29. The van der Waals surface area contributed by atoms with Crippen molar-refractivity contribution in [2.45, 2.75) is 56.6 Å². The Morgan fingerprint density at radius 1 is 1.08 bits per heavy atom. The molecule has 4 nitrogen and oxygen atoms in total. The Morgan fingerprint density at radius 2 is 1.75 bits per heavy atom. The standard InChI is InChI=1S/C19H27NO3S/c1-15-7-4-5-8-16(15)19(9-6-10-19)17(21)20-12-11-18(2,3)24(22,23)14-13-20/h4-5,7-8H,6,9-14H2,1-3H3. The molecule has 1 amide bonds. The zero-order valence-electron chi connectivity index (χ0n) is 14.8. The predicted octanol–water partition coefficient (Wildman–Crippen LogP) is 2.84. The van der Waals surface area contributed by atoms with Crippen molar-refractivity contribution in [3.05, 3.63) is 35.4 Å². The topological polar surface area (TPSA) is 54.5 Å². The quantitative estimate of drug-likeness (QED) is 0.825. The molecule has 0 radical (unpaired) electrons. The van der Waals surface area contributed by atoms with Gasteiger partial charge in [-0.25, -0.2) is 8.42 Å². The number of benzene rings is 1. The fourth-order valence-electron chi connectivity index (χ4n) is 3.92. The minimum Gasteiger partial charge on any atom is -0.341 e. The summed E-state index contributed by atoms with van der Waals surface area (Å²) in [6, 6.07) is 8.10. The Balaban J connectivity index is 1.90. The van der Waals surface area contributed by atoms with E-state index in [0.717, 1.165) is 30.4 Å². The number of hydrogen-bond acceptors (Lipinski definition) is 3. The van der Waals surface area contributed by atoms with Crippen molar-refractivity contribution >= 4 is 15.7 Å². The van der Waals surface area contributed by atoms with Crippen LogP contribution in [0.2, 0.25) is 0 Å². The summed E-state index contributed by atoms with van der Waals surface area (Å²) >= 11 is 0. The van der Waals surface area contributed by atoms with Gasteiger partial charge in [0.1, 0.15) is 0 Å². The van der Waals surface area contributed by atoms with Crippen molar-refractivity contribution in [1.82, 2.24) is 4.90 Å². The van der Waals surface area contributed by atoms with E-state index in [-0.39, 0.29) is 11.7 Å². The molecule has 0 unspecified atom stereocenters. The predicted molar refractivity (Wildman–Crippen MR) is 95.8 cm³/mol. The molecular weight excluding hydrogens is 322 g/mol. The smallest absolute Gasteiger partial charge is 0.233 e. The first-order valence-electron chi connectivity index (χ1n) is 8.77. The lowest BCUT2D eigenvalue weighted by atomic mass is 9.62. The summed E-state index contributed by atoms with van der Waals surface area (Å²) in [5, 5.41) is 0. The molecule has 2 fully saturated rings. The van der Waals surface area contributed by atoms with E-state index in [0.29, 0.717) is 19.5 Å². The normalized spacial score (nSPS) is 24.7. The van der Waals surface area contributed by atoms with E-state index in [9.17, 15) is 13.2 Å². The zero-order chi connectivity index (χ0) is 17.6. The minimum atomic E-state index is -3.16. The van der Waals surface area contributed by atoms with Crippen LogP contribution in [0.3, 0.4) is 0 Å². The SMILES string of the molecule is Cc1ccccc1C1(C(=O)N2CCC(C)(C)S(=O)(=O)CC2)CCC1. The highest BCUT2D eigenvalue weighted by Gasteiger charge is 2.49. The molecule has 1 aliphatic heterocycles. The Bertz CT molecular complexity index is 748. The number of amides is 1. The van der Waals surface area contributed by atoms with Gasteiger partial charge >= 0.3 is 0 Å². The number of carbonyl (C=O) groups is 1. The van der Waals surface area contributed by atoms with Crippen LogP contribution in [0.25, 0.3) is 0 Å². The molecule has 2 aliphatic rings. The second-order valence-corrected chi connectivity index (χ2v) is 10.6. The fourth-order valence-corrected chi connectivity index (χ4v) is 5.34. The van der Waals surface area contributed by atoms with Gasteiger partial charge in [-0.1, -0.05) is 30.7 Å². The molecular formula is C19H27NO3S. The summed E-state index contributed by atoms with van der Waals surface area (Å²) in [4.78, 5) is 15.2. The van der Waals surface area contributed by atoms with E-state index in [2.05, 4.69) is 19.1 Å². The molecule has 0 spiro atoms. The average Bonchev–Trinajstić information content (AvgIpc) is 2.57. The van der Waals surface area contributed by atoms with Crippen LogP contribution in [0.5, 0.6) is 0 Å². The number of hydrogen-bond donors (Lipinski definition) is 0. The lowest BCUT2D eigenvalue weighted by molar-refractivity contribution is -0.140. The van der Waals surface area contributed by atoms with Crippen molar-refractivity contribution < 1.29 is 13.2 Å². The lowest BCUT2D eigenvalue weighted by Gasteiger charge is -2.44. The number of nitrogens with zero attached hydrogens (tertiary/aromatic N) is 1. The molecule has 24 heavy (non-hydrogen) atoms. The van der Waals surface area contributed by atoms with Crippen LogP contribution in [0.1, 0.15) is 50.7 Å². The molecule has 1 saturated carbocycles. The minimum absolute atomic E-state index is 0.0651. The molecule has 5 heteroatoms. The van der Waals surface area contributed by atoms with Gasteiger partial charge in [-0.2, -0.15) is 0 Å². The van der Waals surface area contributed by atoms with Gasteiger partial charge in [-0.15, -0.1) is 0 Å². The van der Waals surface area contributed by atoms with Crippen molar-refractivity contribution in [2.24, 2.45) is 0 Å². The number of aryl methyl sites for hydroxylation is 1. The van der Waals surface area contributed by atoms with Crippen LogP contribution in [0, 0.1) is 6.92 Å². The molecule has 1 aromatic rings. The fraction of sp³-hybridized carbons (Fsp3) is 0.632. The molecule has 1 aromatic carbocycles. The first kappa shape index (κ1) is 17.5. The van der Waals surface area contributed by atoms with Gasteiger partial charge in [0.25, 0.3) is 0 Å². The van der Waals surface area contributed by atoms with Crippen LogP contribution >= 0.6 is 0 Å². The monoisotopic (exact) mass is 349 g/mol. The van der Waals surface area contributed by atoms with Gasteiger partial charge in [0.05, 0.1) is 15.9 Å². The highest BCUT2D eigenvalue weighted by Crippen LogP contribution is 2.46. The lowest BCUT2D eigenvalue weighted by Crippen LogP contribution is -2.52. The highest BCUT2D eigenvalue weighted by molar-refractivity contribution is 7.92. The number of carbonyl (C=O) groups excluding carboxylic acids is 1. The van der Waals surface area contributed by atoms with E-state index >= 15 is 0 Å². The Kier molecular flexibility index (Phi) is 4.27. The zero-order valence-corrected chi connectivity index (χ0v) is 15.7. The van der Waals surface area contributed by atoms with E-state index in [1.807, 2.05) is 12.1 Å². The van der Waals surface area contributed by atoms with Crippen LogP contribution in [-0.2, 0) is 20.0 Å². The summed E-state index contributed by atoms with van der Waals surface area (Å²) < 4.78 is 24.1. The molecule has 0 bridgehead atoms. The number of sulfone groups is 1. The van der Waals surface area contributed by atoms with Crippen LogP contribution < -0.4 is 0 Å². The maximum atomic E-state index is 13.4. The van der Waals surface area contributed by atoms with Crippen LogP contribution in [0.4, 0.5) is 0 Å². The number of rotatable bonds is 2. The third-order valence-electron chi connectivity index (χ3n) is 6.02. The van der Waals surface area contributed by atoms with Gasteiger partial charge in [-0.3, -0.25) is 4.79 Å².